The molecule has 0 fully saturated rings. The SMILES string of the molecule is Fc1cc(CCC(Cl)c2ccccc2)ccc1Cl. The van der Waals surface area contributed by atoms with Gasteiger partial charge in [0.1, 0.15) is 5.82 Å². The Morgan fingerprint density at radius 2 is 1.78 bits per heavy atom. The van der Waals surface area contributed by atoms with E-state index in [0.717, 1.165) is 24.0 Å². The van der Waals surface area contributed by atoms with Gasteiger partial charge in [0, 0.05) is 0 Å². The van der Waals surface area contributed by atoms with Gasteiger partial charge in [0.15, 0.2) is 0 Å². The maximum absolute atomic E-state index is 13.3. The number of rotatable bonds is 4. The first-order valence-electron chi connectivity index (χ1n) is 5.80. The van der Waals surface area contributed by atoms with Crippen LogP contribution in [0.15, 0.2) is 48.5 Å². The fraction of sp³-hybridized carbons (Fsp3) is 0.200. The van der Waals surface area contributed by atoms with Gasteiger partial charge in [0.25, 0.3) is 0 Å². The molecule has 94 valence electrons. The minimum Gasteiger partial charge on any atom is -0.205 e. The molecule has 3 heteroatoms. The highest BCUT2D eigenvalue weighted by atomic mass is 35.5. The Morgan fingerprint density at radius 3 is 2.44 bits per heavy atom. The van der Waals surface area contributed by atoms with Crippen molar-refractivity contribution in [3.05, 3.63) is 70.5 Å². The second-order valence-electron chi connectivity index (χ2n) is 4.17. The van der Waals surface area contributed by atoms with Gasteiger partial charge in [0.2, 0.25) is 0 Å². The number of hydrogen-bond donors (Lipinski definition) is 0. The van der Waals surface area contributed by atoms with Crippen molar-refractivity contribution in [1.29, 1.82) is 0 Å². The van der Waals surface area contributed by atoms with Crippen LogP contribution in [0.1, 0.15) is 22.9 Å². The maximum Gasteiger partial charge on any atom is 0.142 e. The molecule has 0 heterocycles. The van der Waals surface area contributed by atoms with Crippen molar-refractivity contribution in [2.75, 3.05) is 0 Å². The molecule has 1 unspecified atom stereocenters. The van der Waals surface area contributed by atoms with Gasteiger partial charge in [-0.25, -0.2) is 4.39 Å². The molecule has 0 saturated carbocycles. The Kier molecular flexibility index (Phi) is 4.62. The maximum atomic E-state index is 13.3. The van der Waals surface area contributed by atoms with Crippen molar-refractivity contribution >= 4 is 23.2 Å². The highest BCUT2D eigenvalue weighted by molar-refractivity contribution is 6.30. The Morgan fingerprint density at radius 1 is 1.06 bits per heavy atom. The lowest BCUT2D eigenvalue weighted by Crippen LogP contribution is -1.94. The molecule has 0 spiro atoms. The fourth-order valence-electron chi connectivity index (χ4n) is 1.82. The number of aryl methyl sites for hydroxylation is 1. The average molecular weight is 283 g/mol. The molecular weight excluding hydrogens is 270 g/mol. The minimum atomic E-state index is -0.375. The number of halogens is 3. The van der Waals surface area contributed by atoms with Crippen molar-refractivity contribution < 1.29 is 4.39 Å². The molecule has 2 aromatic rings. The van der Waals surface area contributed by atoms with E-state index in [1.165, 1.54) is 6.07 Å². The van der Waals surface area contributed by atoms with E-state index in [9.17, 15) is 4.39 Å². The molecule has 0 amide bonds. The Labute approximate surface area is 116 Å². The summed E-state index contributed by atoms with van der Waals surface area (Å²) in [7, 11) is 0. The molecule has 2 aromatic carbocycles. The molecule has 0 nitrogen and oxygen atoms in total. The summed E-state index contributed by atoms with van der Waals surface area (Å²) < 4.78 is 13.3. The molecule has 0 aliphatic rings. The Hall–Kier alpha value is -1.05. The van der Waals surface area contributed by atoms with Gasteiger partial charge in [-0.1, -0.05) is 48.0 Å². The van der Waals surface area contributed by atoms with Gasteiger partial charge < -0.3 is 0 Å². The zero-order valence-electron chi connectivity index (χ0n) is 9.74. The van der Waals surface area contributed by atoms with Crippen LogP contribution in [0.25, 0.3) is 0 Å². The summed E-state index contributed by atoms with van der Waals surface area (Å²) in [6, 6.07) is 14.8. The van der Waals surface area contributed by atoms with Crippen LogP contribution in [0.4, 0.5) is 4.39 Å². The summed E-state index contributed by atoms with van der Waals surface area (Å²) in [5.41, 5.74) is 2.01. The standard InChI is InChI=1S/C15H13Cl2F/c16-13(12-4-2-1-3-5-12)8-6-11-7-9-14(17)15(18)10-11/h1-5,7,9-10,13H,6,8H2. The third-order valence-corrected chi connectivity index (χ3v) is 3.61. The van der Waals surface area contributed by atoms with Gasteiger partial charge in [-0.3, -0.25) is 0 Å². The van der Waals surface area contributed by atoms with E-state index in [0.29, 0.717) is 0 Å². The zero-order valence-corrected chi connectivity index (χ0v) is 11.3. The van der Waals surface area contributed by atoms with Crippen LogP contribution < -0.4 is 0 Å². The van der Waals surface area contributed by atoms with Crippen LogP contribution in [0, 0.1) is 5.82 Å². The van der Waals surface area contributed by atoms with Crippen LogP contribution in [0.2, 0.25) is 5.02 Å². The number of hydrogen-bond acceptors (Lipinski definition) is 0. The van der Waals surface area contributed by atoms with Crippen molar-refractivity contribution in [1.82, 2.24) is 0 Å². The van der Waals surface area contributed by atoms with Gasteiger partial charge in [-0.05, 0) is 36.1 Å². The average Bonchev–Trinajstić information content (AvgIpc) is 2.41. The molecular formula is C15H13Cl2F. The Balaban J connectivity index is 1.97. The van der Waals surface area contributed by atoms with Gasteiger partial charge in [0.05, 0.1) is 10.4 Å². The number of benzene rings is 2. The van der Waals surface area contributed by atoms with Crippen LogP contribution in [0.5, 0.6) is 0 Å². The molecule has 0 radical (unpaired) electrons. The molecule has 0 aliphatic carbocycles. The predicted molar refractivity (Wildman–Crippen MR) is 74.8 cm³/mol. The van der Waals surface area contributed by atoms with Crippen molar-refractivity contribution in [3.8, 4) is 0 Å². The van der Waals surface area contributed by atoms with Gasteiger partial charge in [-0.15, -0.1) is 11.6 Å². The van der Waals surface area contributed by atoms with Crippen molar-refractivity contribution in [2.24, 2.45) is 0 Å². The summed E-state index contributed by atoms with van der Waals surface area (Å²) in [5, 5.41) is 0.106. The first-order valence-corrected chi connectivity index (χ1v) is 6.61. The molecule has 18 heavy (non-hydrogen) atoms. The van der Waals surface area contributed by atoms with Crippen LogP contribution >= 0.6 is 23.2 Å². The minimum absolute atomic E-state index is 0.0510. The van der Waals surface area contributed by atoms with Gasteiger partial charge >= 0.3 is 0 Å². The van der Waals surface area contributed by atoms with Crippen LogP contribution in [-0.4, -0.2) is 0 Å². The van der Waals surface area contributed by atoms with E-state index >= 15 is 0 Å². The lowest BCUT2D eigenvalue weighted by Gasteiger charge is -2.09. The molecule has 1 atom stereocenters. The Bertz CT molecular complexity index is 511. The summed E-state index contributed by atoms with van der Waals surface area (Å²) in [6.07, 6.45) is 1.50. The molecule has 0 N–H and O–H groups in total. The molecule has 0 saturated heterocycles. The smallest absolute Gasteiger partial charge is 0.142 e. The fourth-order valence-corrected chi connectivity index (χ4v) is 2.19. The summed E-state index contributed by atoms with van der Waals surface area (Å²) in [4.78, 5) is 0. The van der Waals surface area contributed by atoms with E-state index in [1.54, 1.807) is 6.07 Å². The molecule has 0 aromatic heterocycles. The molecule has 0 bridgehead atoms. The summed E-state index contributed by atoms with van der Waals surface area (Å²) >= 11 is 11.9. The van der Waals surface area contributed by atoms with E-state index in [1.807, 2.05) is 36.4 Å². The summed E-state index contributed by atoms with van der Waals surface area (Å²) in [6.45, 7) is 0. The van der Waals surface area contributed by atoms with E-state index in [4.69, 9.17) is 23.2 Å². The molecule has 2 rings (SSSR count). The second-order valence-corrected chi connectivity index (χ2v) is 5.10. The molecule has 0 aliphatic heterocycles. The lowest BCUT2D eigenvalue weighted by molar-refractivity contribution is 0.624. The summed E-state index contributed by atoms with van der Waals surface area (Å²) in [5.74, 6) is -0.375. The highest BCUT2D eigenvalue weighted by Gasteiger charge is 2.08. The van der Waals surface area contributed by atoms with Crippen molar-refractivity contribution in [3.63, 3.8) is 0 Å². The van der Waals surface area contributed by atoms with E-state index < -0.39 is 0 Å². The quantitative estimate of drug-likeness (QED) is 0.660. The van der Waals surface area contributed by atoms with Crippen LogP contribution in [0.3, 0.4) is 0 Å². The zero-order chi connectivity index (χ0) is 13.0. The van der Waals surface area contributed by atoms with E-state index in [2.05, 4.69) is 0 Å². The van der Waals surface area contributed by atoms with Crippen LogP contribution in [-0.2, 0) is 6.42 Å². The van der Waals surface area contributed by atoms with Crippen molar-refractivity contribution in [2.45, 2.75) is 18.2 Å². The first kappa shape index (κ1) is 13.4. The third-order valence-electron chi connectivity index (χ3n) is 2.83. The second kappa shape index (κ2) is 6.21. The normalized spacial score (nSPS) is 12.4. The largest absolute Gasteiger partial charge is 0.205 e. The lowest BCUT2D eigenvalue weighted by atomic mass is 10.0. The first-order chi connectivity index (χ1) is 8.66. The highest BCUT2D eigenvalue weighted by Crippen LogP contribution is 2.26. The monoisotopic (exact) mass is 282 g/mol. The predicted octanol–water partition coefficient (Wildman–Crippen LogP) is 5.39. The van der Waals surface area contributed by atoms with E-state index in [-0.39, 0.29) is 16.2 Å². The number of alkyl halides is 1. The topological polar surface area (TPSA) is 0 Å². The van der Waals surface area contributed by atoms with Gasteiger partial charge in [-0.2, -0.15) is 0 Å². The third kappa shape index (κ3) is 3.47.